The fourth-order valence-electron chi connectivity index (χ4n) is 2.03. The summed E-state index contributed by atoms with van der Waals surface area (Å²) in [5, 5.41) is 4.10. The van der Waals surface area contributed by atoms with E-state index >= 15 is 0 Å². The first kappa shape index (κ1) is 17.1. The molecule has 0 unspecified atom stereocenters. The Bertz CT molecular complexity index is 409. The van der Waals surface area contributed by atoms with Crippen molar-refractivity contribution in [3.05, 3.63) is 22.7 Å². The minimum Gasteiger partial charge on any atom is -0.493 e. The molecule has 0 heterocycles. The summed E-state index contributed by atoms with van der Waals surface area (Å²) in [7, 11) is 3.24. The van der Waals surface area contributed by atoms with Gasteiger partial charge in [0.05, 0.1) is 14.2 Å². The highest BCUT2D eigenvalue weighted by Gasteiger charge is 2.09. The van der Waals surface area contributed by atoms with Crippen LogP contribution in [0, 0.1) is 0 Å². The summed E-state index contributed by atoms with van der Waals surface area (Å²) >= 11 is 6.25. The van der Waals surface area contributed by atoms with Crippen LogP contribution in [0.4, 0.5) is 0 Å². The van der Waals surface area contributed by atoms with Crippen molar-refractivity contribution in [2.75, 3.05) is 40.4 Å². The molecule has 5 heteroatoms. The molecule has 4 nitrogen and oxygen atoms in total. The Balaban J connectivity index is 2.55. The van der Waals surface area contributed by atoms with Crippen LogP contribution in [-0.4, -0.2) is 45.3 Å². The fourth-order valence-corrected chi connectivity index (χ4v) is 2.25. The molecule has 0 amide bonds. The standard InChI is InChI=1S/C15H25ClN2O2/c1-5-18(6-2)8-7-17-11-12-9-14(19-3)15(20-4)10-13(12)16/h9-10,17H,5-8,11H2,1-4H3. The van der Waals surface area contributed by atoms with E-state index in [1.54, 1.807) is 20.3 Å². The van der Waals surface area contributed by atoms with Crippen molar-refractivity contribution >= 4 is 11.6 Å². The topological polar surface area (TPSA) is 33.7 Å². The van der Waals surface area contributed by atoms with E-state index in [1.165, 1.54) is 0 Å². The van der Waals surface area contributed by atoms with Gasteiger partial charge in [-0.2, -0.15) is 0 Å². The number of nitrogens with one attached hydrogen (secondary N) is 1. The van der Waals surface area contributed by atoms with Gasteiger partial charge in [-0.3, -0.25) is 0 Å². The second-order valence-electron chi connectivity index (χ2n) is 4.50. The second-order valence-corrected chi connectivity index (χ2v) is 4.91. The van der Waals surface area contributed by atoms with Gasteiger partial charge in [-0.25, -0.2) is 0 Å². The van der Waals surface area contributed by atoms with E-state index in [0.29, 0.717) is 16.5 Å². The van der Waals surface area contributed by atoms with Gasteiger partial charge in [0.25, 0.3) is 0 Å². The molecule has 1 aromatic carbocycles. The summed E-state index contributed by atoms with van der Waals surface area (Å²) in [6.45, 7) is 9.21. The highest BCUT2D eigenvalue weighted by Crippen LogP contribution is 2.32. The summed E-state index contributed by atoms with van der Waals surface area (Å²) in [6, 6.07) is 3.72. The lowest BCUT2D eigenvalue weighted by Crippen LogP contribution is -2.31. The van der Waals surface area contributed by atoms with Gasteiger partial charge in [0.1, 0.15) is 0 Å². The molecular weight excluding hydrogens is 276 g/mol. The molecule has 0 aromatic heterocycles. The number of hydrogen-bond acceptors (Lipinski definition) is 4. The molecule has 0 aliphatic carbocycles. The van der Waals surface area contributed by atoms with Crippen molar-refractivity contribution in [1.29, 1.82) is 0 Å². The number of hydrogen-bond donors (Lipinski definition) is 1. The van der Waals surface area contributed by atoms with Crippen molar-refractivity contribution in [1.82, 2.24) is 10.2 Å². The maximum Gasteiger partial charge on any atom is 0.162 e. The van der Waals surface area contributed by atoms with Crippen LogP contribution in [0.25, 0.3) is 0 Å². The lowest BCUT2D eigenvalue weighted by molar-refractivity contribution is 0.302. The Morgan fingerprint density at radius 1 is 1.10 bits per heavy atom. The van der Waals surface area contributed by atoms with Gasteiger partial charge < -0.3 is 19.7 Å². The zero-order valence-electron chi connectivity index (χ0n) is 12.8. The SMILES string of the molecule is CCN(CC)CCNCc1cc(OC)c(OC)cc1Cl. The number of methoxy groups -OCH3 is 2. The monoisotopic (exact) mass is 300 g/mol. The predicted octanol–water partition coefficient (Wildman–Crippen LogP) is 2.79. The smallest absolute Gasteiger partial charge is 0.162 e. The van der Waals surface area contributed by atoms with E-state index < -0.39 is 0 Å². The molecule has 20 heavy (non-hydrogen) atoms. The Morgan fingerprint density at radius 2 is 1.70 bits per heavy atom. The van der Waals surface area contributed by atoms with Gasteiger partial charge in [0.2, 0.25) is 0 Å². The van der Waals surface area contributed by atoms with Gasteiger partial charge in [0.15, 0.2) is 11.5 Å². The average molecular weight is 301 g/mol. The normalized spacial score (nSPS) is 10.9. The summed E-state index contributed by atoms with van der Waals surface area (Å²) in [6.07, 6.45) is 0. The summed E-state index contributed by atoms with van der Waals surface area (Å²) in [4.78, 5) is 2.38. The van der Waals surface area contributed by atoms with E-state index in [4.69, 9.17) is 21.1 Å². The van der Waals surface area contributed by atoms with Crippen LogP contribution in [0.5, 0.6) is 11.5 Å². The van der Waals surface area contributed by atoms with Crippen LogP contribution >= 0.6 is 11.6 Å². The van der Waals surface area contributed by atoms with E-state index in [1.807, 2.05) is 6.07 Å². The molecule has 0 aliphatic heterocycles. The molecule has 114 valence electrons. The highest BCUT2D eigenvalue weighted by atomic mass is 35.5. The van der Waals surface area contributed by atoms with Crippen molar-refractivity contribution in [3.8, 4) is 11.5 Å². The van der Waals surface area contributed by atoms with Crippen LogP contribution in [0.2, 0.25) is 5.02 Å². The molecule has 0 atom stereocenters. The molecule has 0 bridgehead atoms. The molecule has 0 spiro atoms. The first-order valence-electron chi connectivity index (χ1n) is 6.99. The molecule has 1 rings (SSSR count). The Labute approximate surface area is 127 Å². The van der Waals surface area contributed by atoms with E-state index in [0.717, 1.165) is 38.3 Å². The third kappa shape index (κ3) is 4.85. The zero-order valence-corrected chi connectivity index (χ0v) is 13.6. The molecule has 0 saturated carbocycles. The molecule has 1 N–H and O–H groups in total. The third-order valence-electron chi connectivity index (χ3n) is 3.37. The third-order valence-corrected chi connectivity index (χ3v) is 3.72. The van der Waals surface area contributed by atoms with E-state index in [9.17, 15) is 0 Å². The number of rotatable bonds is 9. The van der Waals surface area contributed by atoms with Crippen LogP contribution in [0.3, 0.4) is 0 Å². The van der Waals surface area contributed by atoms with Gasteiger partial charge in [-0.1, -0.05) is 25.4 Å². The fraction of sp³-hybridized carbons (Fsp3) is 0.600. The maximum absolute atomic E-state index is 6.25. The number of likely N-dealkylation sites (N-methyl/N-ethyl adjacent to an activating group) is 1. The highest BCUT2D eigenvalue weighted by molar-refractivity contribution is 6.31. The number of nitrogens with zero attached hydrogens (tertiary/aromatic N) is 1. The van der Waals surface area contributed by atoms with Gasteiger partial charge in [-0.15, -0.1) is 0 Å². The van der Waals surface area contributed by atoms with Gasteiger partial charge in [-0.05, 0) is 24.7 Å². The molecule has 0 fully saturated rings. The lowest BCUT2D eigenvalue weighted by atomic mass is 10.2. The molecule has 0 aliphatic rings. The maximum atomic E-state index is 6.25. The van der Waals surface area contributed by atoms with Gasteiger partial charge in [0, 0.05) is 30.7 Å². The van der Waals surface area contributed by atoms with Crippen LogP contribution in [0.1, 0.15) is 19.4 Å². The van der Waals surface area contributed by atoms with Gasteiger partial charge >= 0.3 is 0 Å². The molecule has 0 radical (unpaired) electrons. The quantitative estimate of drug-likeness (QED) is 0.711. The summed E-state index contributed by atoms with van der Waals surface area (Å²) in [5.74, 6) is 1.36. The van der Waals surface area contributed by atoms with Crippen LogP contribution in [0.15, 0.2) is 12.1 Å². The molecular formula is C15H25ClN2O2. The average Bonchev–Trinajstić information content (AvgIpc) is 2.48. The second kappa shape index (κ2) is 9.06. The van der Waals surface area contributed by atoms with Crippen LogP contribution in [-0.2, 0) is 6.54 Å². The Kier molecular flexibility index (Phi) is 7.73. The first-order chi connectivity index (χ1) is 9.65. The number of benzene rings is 1. The zero-order chi connectivity index (χ0) is 15.0. The van der Waals surface area contributed by atoms with Crippen molar-refractivity contribution in [3.63, 3.8) is 0 Å². The Hall–Kier alpha value is -0.970. The van der Waals surface area contributed by atoms with E-state index in [-0.39, 0.29) is 0 Å². The molecule has 1 aromatic rings. The lowest BCUT2D eigenvalue weighted by Gasteiger charge is -2.18. The number of ether oxygens (including phenoxy) is 2. The first-order valence-corrected chi connectivity index (χ1v) is 7.37. The van der Waals surface area contributed by atoms with Crippen LogP contribution < -0.4 is 14.8 Å². The van der Waals surface area contributed by atoms with E-state index in [2.05, 4.69) is 24.1 Å². The predicted molar refractivity (Wildman–Crippen MR) is 84.1 cm³/mol. The Morgan fingerprint density at radius 3 is 2.25 bits per heavy atom. The summed E-state index contributed by atoms with van der Waals surface area (Å²) in [5.41, 5.74) is 1.02. The molecule has 0 saturated heterocycles. The minimum atomic E-state index is 0.657. The number of halogens is 1. The largest absolute Gasteiger partial charge is 0.493 e. The van der Waals surface area contributed by atoms with Crippen molar-refractivity contribution < 1.29 is 9.47 Å². The van der Waals surface area contributed by atoms with Crippen molar-refractivity contribution in [2.24, 2.45) is 0 Å². The van der Waals surface area contributed by atoms with Crippen molar-refractivity contribution in [2.45, 2.75) is 20.4 Å². The summed E-state index contributed by atoms with van der Waals surface area (Å²) < 4.78 is 10.5. The minimum absolute atomic E-state index is 0.657.